The second-order valence-electron chi connectivity index (χ2n) is 13.3. The van der Waals surface area contributed by atoms with Crippen molar-refractivity contribution in [3.63, 3.8) is 0 Å². The molecule has 52 heavy (non-hydrogen) atoms. The summed E-state index contributed by atoms with van der Waals surface area (Å²) >= 11 is 1.86. The number of benzene rings is 9. The average Bonchev–Trinajstić information content (AvgIpc) is 3.59. The highest BCUT2D eigenvalue weighted by atomic mass is 32.1. The molecule has 0 spiro atoms. The lowest BCUT2D eigenvalue weighted by Crippen LogP contribution is -2.10. The number of fused-ring (bicyclic) bond motifs is 5. The number of hydrogen-bond acceptors (Lipinski definition) is 2. The molecule has 0 amide bonds. The zero-order valence-corrected chi connectivity index (χ0v) is 29.2. The zero-order valence-electron chi connectivity index (χ0n) is 28.4. The van der Waals surface area contributed by atoms with Gasteiger partial charge in [-0.25, -0.2) is 0 Å². The van der Waals surface area contributed by atoms with E-state index < -0.39 is 0 Å². The summed E-state index contributed by atoms with van der Waals surface area (Å²) in [5, 5.41) is 7.64. The summed E-state index contributed by atoms with van der Waals surface area (Å²) in [7, 11) is 0. The van der Waals surface area contributed by atoms with Crippen molar-refractivity contribution in [3.05, 3.63) is 200 Å². The van der Waals surface area contributed by atoms with Gasteiger partial charge in [0.05, 0.1) is 0 Å². The highest BCUT2D eigenvalue weighted by Gasteiger charge is 2.17. The van der Waals surface area contributed by atoms with Crippen LogP contribution in [-0.2, 0) is 0 Å². The van der Waals surface area contributed by atoms with Crippen LogP contribution in [0.1, 0.15) is 0 Å². The molecular formula is C50H33NS. The molecule has 0 atom stereocenters. The first kappa shape index (κ1) is 30.4. The molecule has 0 N–H and O–H groups in total. The number of anilines is 3. The summed E-state index contributed by atoms with van der Waals surface area (Å²) < 4.78 is 2.60. The SMILES string of the molecule is c1ccc(-c2cccc3cccc(-c4cccc(N(c5ccc(-c6cccc7ccccc67)cc5)c5ccc6c(c5)sc5ccccc56)c4)c23)cc1. The normalized spacial score (nSPS) is 11.5. The lowest BCUT2D eigenvalue weighted by atomic mass is 9.91. The average molecular weight is 680 g/mol. The van der Waals surface area contributed by atoms with Gasteiger partial charge in [0.15, 0.2) is 0 Å². The van der Waals surface area contributed by atoms with Crippen LogP contribution in [-0.4, -0.2) is 0 Å². The topological polar surface area (TPSA) is 3.24 Å². The molecule has 0 unspecified atom stereocenters. The van der Waals surface area contributed by atoms with Crippen molar-refractivity contribution >= 4 is 70.1 Å². The molecule has 0 saturated carbocycles. The van der Waals surface area contributed by atoms with Crippen molar-refractivity contribution in [2.24, 2.45) is 0 Å². The van der Waals surface area contributed by atoms with Crippen molar-refractivity contribution in [2.45, 2.75) is 0 Å². The van der Waals surface area contributed by atoms with Crippen molar-refractivity contribution < 1.29 is 0 Å². The smallest absolute Gasteiger partial charge is 0.0476 e. The maximum absolute atomic E-state index is 2.41. The third kappa shape index (κ3) is 5.24. The Bertz CT molecular complexity index is 2890. The van der Waals surface area contributed by atoms with E-state index in [9.17, 15) is 0 Å². The monoisotopic (exact) mass is 679 g/mol. The maximum Gasteiger partial charge on any atom is 0.0476 e. The molecule has 9 aromatic carbocycles. The third-order valence-corrected chi connectivity index (χ3v) is 11.4. The fourth-order valence-corrected chi connectivity index (χ4v) is 8.96. The Morgan fingerprint density at radius 2 is 0.865 bits per heavy atom. The predicted molar refractivity (Wildman–Crippen MR) is 225 cm³/mol. The number of nitrogens with zero attached hydrogens (tertiary/aromatic N) is 1. The van der Waals surface area contributed by atoms with Crippen LogP contribution in [0.5, 0.6) is 0 Å². The highest BCUT2D eigenvalue weighted by Crippen LogP contribution is 2.43. The van der Waals surface area contributed by atoms with Gasteiger partial charge in [-0.2, -0.15) is 0 Å². The van der Waals surface area contributed by atoms with Crippen LogP contribution < -0.4 is 4.90 Å². The van der Waals surface area contributed by atoms with Crippen LogP contribution in [0.15, 0.2) is 200 Å². The minimum absolute atomic E-state index is 1.12. The van der Waals surface area contributed by atoms with E-state index in [2.05, 4.69) is 205 Å². The van der Waals surface area contributed by atoms with Crippen molar-refractivity contribution in [2.75, 3.05) is 4.90 Å². The minimum Gasteiger partial charge on any atom is -0.310 e. The van der Waals surface area contributed by atoms with E-state index >= 15 is 0 Å². The molecule has 10 aromatic rings. The molecule has 2 heteroatoms. The zero-order chi connectivity index (χ0) is 34.4. The number of rotatable bonds is 6. The van der Waals surface area contributed by atoms with Gasteiger partial charge in [0.1, 0.15) is 0 Å². The molecule has 0 aliphatic carbocycles. The van der Waals surface area contributed by atoms with Gasteiger partial charge in [0, 0.05) is 37.2 Å². The van der Waals surface area contributed by atoms with Gasteiger partial charge in [0.2, 0.25) is 0 Å². The molecule has 0 aliphatic rings. The Kier molecular flexibility index (Phi) is 7.41. The molecule has 10 rings (SSSR count). The molecular weight excluding hydrogens is 647 g/mol. The fourth-order valence-electron chi connectivity index (χ4n) is 7.82. The van der Waals surface area contributed by atoms with Gasteiger partial charge in [-0.3, -0.25) is 0 Å². The molecule has 0 fully saturated rings. The summed E-state index contributed by atoms with van der Waals surface area (Å²) in [6.07, 6.45) is 0. The quantitative estimate of drug-likeness (QED) is 0.169. The lowest BCUT2D eigenvalue weighted by Gasteiger charge is -2.26. The molecule has 0 bridgehead atoms. The first-order valence-electron chi connectivity index (χ1n) is 17.8. The second-order valence-corrected chi connectivity index (χ2v) is 14.4. The molecule has 244 valence electrons. The first-order chi connectivity index (χ1) is 25.8. The Morgan fingerprint density at radius 3 is 1.69 bits per heavy atom. The van der Waals surface area contributed by atoms with E-state index in [-0.39, 0.29) is 0 Å². The first-order valence-corrected chi connectivity index (χ1v) is 18.6. The summed E-state index contributed by atoms with van der Waals surface area (Å²) in [4.78, 5) is 2.41. The van der Waals surface area contributed by atoms with Gasteiger partial charge in [-0.05, 0) is 97.4 Å². The van der Waals surface area contributed by atoms with E-state index in [1.165, 1.54) is 75.1 Å². The van der Waals surface area contributed by atoms with Gasteiger partial charge < -0.3 is 4.90 Å². The Balaban J connectivity index is 1.14. The van der Waals surface area contributed by atoms with Crippen LogP contribution >= 0.6 is 11.3 Å². The van der Waals surface area contributed by atoms with Crippen LogP contribution in [0.3, 0.4) is 0 Å². The molecule has 0 radical (unpaired) electrons. The molecule has 0 aliphatic heterocycles. The summed E-state index contributed by atoms with van der Waals surface area (Å²) in [6.45, 7) is 0. The van der Waals surface area contributed by atoms with Crippen LogP contribution in [0.2, 0.25) is 0 Å². The Hall–Kier alpha value is -6.48. The maximum atomic E-state index is 2.41. The highest BCUT2D eigenvalue weighted by molar-refractivity contribution is 7.25. The number of hydrogen-bond donors (Lipinski definition) is 0. The van der Waals surface area contributed by atoms with Crippen molar-refractivity contribution in [1.82, 2.24) is 0 Å². The lowest BCUT2D eigenvalue weighted by molar-refractivity contribution is 1.29. The molecule has 0 saturated heterocycles. The predicted octanol–water partition coefficient (Wildman–Crippen LogP) is 14.8. The van der Waals surface area contributed by atoms with E-state index in [1.807, 2.05) is 11.3 Å². The summed E-state index contributed by atoms with van der Waals surface area (Å²) in [5.74, 6) is 0. The largest absolute Gasteiger partial charge is 0.310 e. The van der Waals surface area contributed by atoms with Crippen molar-refractivity contribution in [3.8, 4) is 33.4 Å². The van der Waals surface area contributed by atoms with E-state index in [0.29, 0.717) is 0 Å². The van der Waals surface area contributed by atoms with Gasteiger partial charge >= 0.3 is 0 Å². The van der Waals surface area contributed by atoms with E-state index in [0.717, 1.165) is 17.1 Å². The van der Waals surface area contributed by atoms with Crippen LogP contribution in [0, 0.1) is 0 Å². The van der Waals surface area contributed by atoms with E-state index in [1.54, 1.807) is 0 Å². The number of thiophene rings is 1. The Labute approximate surface area is 307 Å². The van der Waals surface area contributed by atoms with Crippen molar-refractivity contribution in [1.29, 1.82) is 0 Å². The molecule has 1 nitrogen and oxygen atoms in total. The van der Waals surface area contributed by atoms with E-state index in [4.69, 9.17) is 0 Å². The van der Waals surface area contributed by atoms with Crippen LogP contribution in [0.4, 0.5) is 17.1 Å². The van der Waals surface area contributed by atoms with Gasteiger partial charge in [-0.15, -0.1) is 11.3 Å². The fraction of sp³-hybridized carbons (Fsp3) is 0. The van der Waals surface area contributed by atoms with Crippen LogP contribution in [0.25, 0.3) is 75.1 Å². The standard InChI is InChI=1S/C50H33NS/c1-2-12-35(13-3-1)44-23-10-16-37-17-11-24-45(50(37)44)38-18-8-19-40(32-38)51(41-30-31-47-46-21-6-7-25-48(46)52-49(47)33-41)39-28-26-36(27-29-39)43-22-9-15-34-14-4-5-20-42(34)43/h1-33H. The Morgan fingerprint density at radius 1 is 0.308 bits per heavy atom. The molecule has 1 heterocycles. The molecule has 1 aromatic heterocycles. The summed E-state index contributed by atoms with van der Waals surface area (Å²) in [6, 6.07) is 73.0. The van der Waals surface area contributed by atoms with Gasteiger partial charge in [0.25, 0.3) is 0 Å². The minimum atomic E-state index is 1.12. The van der Waals surface area contributed by atoms with Gasteiger partial charge in [-0.1, -0.05) is 158 Å². The second kappa shape index (κ2) is 12.7. The summed E-state index contributed by atoms with van der Waals surface area (Å²) in [5.41, 5.74) is 10.7. The third-order valence-electron chi connectivity index (χ3n) is 10.3.